The Morgan fingerprint density at radius 3 is 2.56 bits per heavy atom. The maximum absolute atomic E-state index is 11.9. The van der Waals surface area contributed by atoms with E-state index in [1.54, 1.807) is 0 Å². The van der Waals surface area contributed by atoms with E-state index in [0.717, 1.165) is 29.8 Å². The average molecular weight is 343 g/mol. The third kappa shape index (κ3) is 3.35. The molecule has 25 heavy (non-hydrogen) atoms. The maximum Gasteiger partial charge on any atom is 0.350 e. The molecular formula is C18H21N3O4. The number of rotatable bonds is 4. The molecule has 0 amide bonds. The number of hydrogen-bond acceptors (Lipinski definition) is 6. The average Bonchev–Trinajstić information content (AvgIpc) is 2.81. The number of fused-ring (bicyclic) bond motifs is 1. The summed E-state index contributed by atoms with van der Waals surface area (Å²) in [6.45, 7) is 8.02. The summed E-state index contributed by atoms with van der Waals surface area (Å²) in [5, 5.41) is 2.94. The molecule has 2 heterocycles. The summed E-state index contributed by atoms with van der Waals surface area (Å²) >= 11 is 0. The molecule has 1 aromatic heterocycles. The molecule has 0 radical (unpaired) electrons. The highest BCUT2D eigenvalue weighted by Crippen LogP contribution is 2.24. The van der Waals surface area contributed by atoms with Crippen LogP contribution in [0.2, 0.25) is 0 Å². The number of esters is 2. The van der Waals surface area contributed by atoms with E-state index in [1.807, 2.05) is 25.1 Å². The van der Waals surface area contributed by atoms with Crippen molar-refractivity contribution in [1.29, 1.82) is 0 Å². The van der Waals surface area contributed by atoms with Crippen LogP contribution < -0.4 is 5.32 Å². The lowest BCUT2D eigenvalue weighted by molar-refractivity contribution is -0.222. The summed E-state index contributed by atoms with van der Waals surface area (Å²) < 4.78 is 12.3. The highest BCUT2D eigenvalue weighted by Gasteiger charge is 2.38. The number of anilines is 1. The molecule has 1 N–H and O–H groups in total. The zero-order valence-electron chi connectivity index (χ0n) is 14.8. The van der Waals surface area contributed by atoms with Gasteiger partial charge in [-0.15, -0.1) is 0 Å². The Kier molecular flexibility index (Phi) is 4.24. The fraction of sp³-hybridized carbons (Fsp3) is 0.389. The number of nitrogens with one attached hydrogen (secondary N) is 1. The number of cyclic esters (lactones) is 2. The lowest BCUT2D eigenvalue weighted by Gasteiger charge is -2.29. The van der Waals surface area contributed by atoms with Crippen molar-refractivity contribution in [3.05, 3.63) is 35.8 Å². The number of benzene rings is 1. The minimum absolute atomic E-state index is 0.174. The summed E-state index contributed by atoms with van der Waals surface area (Å²) in [7, 11) is 0. The van der Waals surface area contributed by atoms with Gasteiger partial charge in [0.25, 0.3) is 5.79 Å². The van der Waals surface area contributed by atoms with Gasteiger partial charge in [0.1, 0.15) is 5.82 Å². The largest absolute Gasteiger partial charge is 0.419 e. The van der Waals surface area contributed by atoms with Crippen LogP contribution in [0, 0.1) is 6.92 Å². The second kappa shape index (κ2) is 6.23. The van der Waals surface area contributed by atoms with Crippen LogP contribution in [0.4, 0.5) is 5.69 Å². The van der Waals surface area contributed by atoms with Crippen LogP contribution in [0.5, 0.6) is 0 Å². The Balaban J connectivity index is 1.84. The molecule has 0 unspecified atom stereocenters. The van der Waals surface area contributed by atoms with Gasteiger partial charge in [-0.1, -0.05) is 6.92 Å². The zero-order chi connectivity index (χ0) is 18.2. The van der Waals surface area contributed by atoms with Gasteiger partial charge in [-0.05, 0) is 31.5 Å². The minimum atomic E-state index is -1.24. The molecule has 3 rings (SSSR count). The normalized spacial score (nSPS) is 16.6. The number of carbonyl (C=O) groups is 2. The Labute approximate surface area is 145 Å². The molecule has 7 heteroatoms. The highest BCUT2D eigenvalue weighted by atomic mass is 16.7. The Hall–Kier alpha value is -2.83. The molecule has 7 nitrogen and oxygen atoms in total. The third-order valence-electron chi connectivity index (χ3n) is 3.89. The SMILES string of the molecule is CCCn1c(C)nc2cc(NC=C3C(=O)OC(C)(C)OC3=O)ccc21. The first-order chi connectivity index (χ1) is 11.8. The summed E-state index contributed by atoms with van der Waals surface area (Å²) in [6, 6.07) is 5.71. The quantitative estimate of drug-likeness (QED) is 0.522. The molecule has 1 aliphatic rings. The zero-order valence-corrected chi connectivity index (χ0v) is 14.8. The molecule has 0 spiro atoms. The second-order valence-corrected chi connectivity index (χ2v) is 6.40. The summed E-state index contributed by atoms with van der Waals surface area (Å²) in [6.07, 6.45) is 2.33. The molecule has 1 aromatic carbocycles. The molecule has 0 saturated carbocycles. The van der Waals surface area contributed by atoms with E-state index >= 15 is 0 Å². The van der Waals surface area contributed by atoms with Crippen LogP contribution in [0.25, 0.3) is 11.0 Å². The number of ether oxygens (including phenoxy) is 2. The van der Waals surface area contributed by atoms with Gasteiger partial charge < -0.3 is 19.4 Å². The molecular weight excluding hydrogens is 322 g/mol. The number of nitrogens with zero attached hydrogens (tertiary/aromatic N) is 2. The highest BCUT2D eigenvalue weighted by molar-refractivity contribution is 6.15. The third-order valence-corrected chi connectivity index (χ3v) is 3.89. The van der Waals surface area contributed by atoms with E-state index in [9.17, 15) is 9.59 Å². The first-order valence-corrected chi connectivity index (χ1v) is 8.21. The van der Waals surface area contributed by atoms with E-state index in [4.69, 9.17) is 9.47 Å². The maximum atomic E-state index is 11.9. The summed E-state index contributed by atoms with van der Waals surface area (Å²) in [5.74, 6) is -1.71. The van der Waals surface area contributed by atoms with Gasteiger partial charge in [0.2, 0.25) is 0 Å². The van der Waals surface area contributed by atoms with Gasteiger partial charge in [0.05, 0.1) is 11.0 Å². The minimum Gasteiger partial charge on any atom is -0.419 e. The lowest BCUT2D eigenvalue weighted by atomic mass is 10.2. The monoisotopic (exact) mass is 343 g/mol. The smallest absolute Gasteiger partial charge is 0.350 e. The lowest BCUT2D eigenvalue weighted by Crippen LogP contribution is -2.42. The Bertz CT molecular complexity index is 858. The number of hydrogen-bond donors (Lipinski definition) is 1. The van der Waals surface area contributed by atoms with Gasteiger partial charge in [0, 0.05) is 32.3 Å². The standard InChI is InChI=1S/C18H21N3O4/c1-5-8-21-11(2)20-14-9-12(6-7-15(14)21)19-10-13-16(22)24-18(3,4)25-17(13)23/h6-7,9-10,19H,5,8H2,1-4H3. The van der Waals surface area contributed by atoms with Crippen molar-refractivity contribution in [1.82, 2.24) is 9.55 Å². The van der Waals surface area contributed by atoms with Crippen LogP contribution in [-0.4, -0.2) is 27.3 Å². The number of imidazole rings is 1. The van der Waals surface area contributed by atoms with Crippen molar-refractivity contribution < 1.29 is 19.1 Å². The van der Waals surface area contributed by atoms with Crippen LogP contribution in [0.1, 0.15) is 33.0 Å². The van der Waals surface area contributed by atoms with Gasteiger partial charge in [-0.25, -0.2) is 14.6 Å². The molecule has 0 atom stereocenters. The molecule has 0 aliphatic carbocycles. The van der Waals surface area contributed by atoms with Crippen molar-refractivity contribution >= 4 is 28.7 Å². The Morgan fingerprint density at radius 2 is 1.92 bits per heavy atom. The molecule has 1 saturated heterocycles. The van der Waals surface area contributed by atoms with Crippen LogP contribution >= 0.6 is 0 Å². The van der Waals surface area contributed by atoms with Gasteiger partial charge in [-0.2, -0.15) is 0 Å². The van der Waals surface area contributed by atoms with Gasteiger partial charge in [0.15, 0.2) is 5.57 Å². The molecule has 1 fully saturated rings. The van der Waals surface area contributed by atoms with Crippen molar-refractivity contribution in [2.45, 2.75) is 46.4 Å². The van der Waals surface area contributed by atoms with Crippen molar-refractivity contribution in [2.75, 3.05) is 5.32 Å². The van der Waals surface area contributed by atoms with Gasteiger partial charge in [-0.3, -0.25) is 0 Å². The first kappa shape index (κ1) is 17.0. The summed E-state index contributed by atoms with van der Waals surface area (Å²) in [5.41, 5.74) is 2.44. The van der Waals surface area contributed by atoms with Crippen molar-refractivity contribution in [3.8, 4) is 0 Å². The van der Waals surface area contributed by atoms with E-state index in [2.05, 4.69) is 21.8 Å². The van der Waals surface area contributed by atoms with Gasteiger partial charge >= 0.3 is 11.9 Å². The number of aromatic nitrogens is 2. The van der Waals surface area contributed by atoms with E-state index < -0.39 is 17.7 Å². The fourth-order valence-electron chi connectivity index (χ4n) is 2.78. The number of aryl methyl sites for hydroxylation is 2. The van der Waals surface area contributed by atoms with E-state index in [1.165, 1.54) is 20.0 Å². The molecule has 132 valence electrons. The molecule has 2 aromatic rings. The molecule has 0 bridgehead atoms. The van der Waals surface area contributed by atoms with E-state index in [0.29, 0.717) is 5.69 Å². The van der Waals surface area contributed by atoms with Crippen LogP contribution in [-0.2, 0) is 25.6 Å². The fourth-order valence-corrected chi connectivity index (χ4v) is 2.78. The predicted octanol–water partition coefficient (Wildman–Crippen LogP) is 2.89. The van der Waals surface area contributed by atoms with Crippen molar-refractivity contribution in [3.63, 3.8) is 0 Å². The Morgan fingerprint density at radius 1 is 1.24 bits per heavy atom. The van der Waals surface area contributed by atoms with Crippen molar-refractivity contribution in [2.24, 2.45) is 0 Å². The van der Waals surface area contributed by atoms with Crippen LogP contribution in [0.3, 0.4) is 0 Å². The molecule has 1 aliphatic heterocycles. The second-order valence-electron chi connectivity index (χ2n) is 6.40. The first-order valence-electron chi connectivity index (χ1n) is 8.21. The van der Waals surface area contributed by atoms with E-state index in [-0.39, 0.29) is 5.57 Å². The predicted molar refractivity (Wildman–Crippen MR) is 92.7 cm³/mol. The topological polar surface area (TPSA) is 82.5 Å². The number of carbonyl (C=O) groups excluding carboxylic acids is 2. The summed E-state index contributed by atoms with van der Waals surface area (Å²) in [4.78, 5) is 28.4. The van der Waals surface area contributed by atoms with Crippen LogP contribution in [0.15, 0.2) is 30.0 Å².